The molecule has 8 heteroatoms. The van der Waals surface area contributed by atoms with Crippen LogP contribution < -0.4 is 9.47 Å². The molecule has 0 bridgehead atoms. The van der Waals surface area contributed by atoms with Crippen LogP contribution in [0.5, 0.6) is 11.5 Å². The molecule has 0 aromatic heterocycles. The SMILES string of the molecule is CCCCC1(CC)CC(c2ccccc2)c2cc(SC)c(OCC(=O)OC(C)(C)C)cc2S(O)(O)C1Cc1ccc(OC)cc1. The van der Waals surface area contributed by atoms with Gasteiger partial charge in [-0.15, -0.1) is 11.8 Å². The maximum atomic E-state index is 12.6. The van der Waals surface area contributed by atoms with Gasteiger partial charge in [0.15, 0.2) is 6.61 Å². The van der Waals surface area contributed by atoms with E-state index in [0.717, 1.165) is 59.4 Å². The minimum Gasteiger partial charge on any atom is -0.497 e. The van der Waals surface area contributed by atoms with Crippen LogP contribution in [0, 0.1) is 5.41 Å². The number of hydrogen-bond donors (Lipinski definition) is 2. The Labute approximate surface area is 275 Å². The van der Waals surface area contributed by atoms with Crippen molar-refractivity contribution in [2.75, 3.05) is 20.0 Å². The van der Waals surface area contributed by atoms with Crippen molar-refractivity contribution in [1.29, 1.82) is 0 Å². The third kappa shape index (κ3) is 8.20. The number of carbonyl (C=O) groups excluding carboxylic acids is 1. The molecule has 3 aromatic carbocycles. The van der Waals surface area contributed by atoms with Gasteiger partial charge in [-0.3, -0.25) is 9.11 Å². The van der Waals surface area contributed by atoms with Crippen LogP contribution >= 0.6 is 22.4 Å². The first kappa shape index (κ1) is 35.2. The smallest absolute Gasteiger partial charge is 0.344 e. The summed E-state index contributed by atoms with van der Waals surface area (Å²) in [5.41, 5.74) is 2.14. The van der Waals surface area contributed by atoms with Gasteiger partial charge in [0.1, 0.15) is 17.1 Å². The van der Waals surface area contributed by atoms with Gasteiger partial charge in [0.25, 0.3) is 0 Å². The molecule has 0 spiro atoms. The molecule has 0 aliphatic carbocycles. The Kier molecular flexibility index (Phi) is 11.6. The second-order valence-corrected chi connectivity index (χ2v) is 16.1. The van der Waals surface area contributed by atoms with Crippen LogP contribution in [-0.2, 0) is 16.0 Å². The second-order valence-electron chi connectivity index (χ2n) is 13.0. The quantitative estimate of drug-likeness (QED) is 0.149. The van der Waals surface area contributed by atoms with Crippen molar-refractivity contribution in [3.8, 4) is 11.5 Å². The fraction of sp³-hybridized carbons (Fsp3) is 0.486. The molecular weight excluding hydrogens is 605 g/mol. The molecule has 45 heavy (non-hydrogen) atoms. The first-order valence-corrected chi connectivity index (χ1v) is 18.7. The minimum atomic E-state index is -3.38. The van der Waals surface area contributed by atoms with Crippen molar-refractivity contribution in [2.45, 2.75) is 99.7 Å². The summed E-state index contributed by atoms with van der Waals surface area (Å²) < 4.78 is 42.2. The standard InChI is InChI=1S/C37H50O6S2/c1-8-10-20-37(9-2)24-30(27-14-12-11-13-15-27)29-22-32(44-7)31(42-25-35(38)43-36(3,4)5)23-33(29)45(39,40)34(37)21-26-16-18-28(41-6)19-17-26/h11-19,22-23,30,34,39-40H,8-10,20-21,24-25H2,1-7H3. The zero-order valence-corrected chi connectivity index (χ0v) is 29.4. The Balaban J connectivity index is 1.91. The van der Waals surface area contributed by atoms with E-state index in [-0.39, 0.29) is 17.9 Å². The summed E-state index contributed by atoms with van der Waals surface area (Å²) in [6.45, 7) is 9.59. The van der Waals surface area contributed by atoms with Crippen LogP contribution in [0.1, 0.15) is 89.3 Å². The maximum Gasteiger partial charge on any atom is 0.344 e. The van der Waals surface area contributed by atoms with Crippen molar-refractivity contribution in [1.82, 2.24) is 0 Å². The first-order valence-electron chi connectivity index (χ1n) is 15.9. The van der Waals surface area contributed by atoms with Gasteiger partial charge in [0, 0.05) is 16.9 Å². The number of thioether (sulfide) groups is 1. The third-order valence-corrected chi connectivity index (χ3v) is 12.2. The molecule has 0 fully saturated rings. The van der Waals surface area contributed by atoms with E-state index >= 15 is 0 Å². The largest absolute Gasteiger partial charge is 0.497 e. The molecule has 6 nitrogen and oxygen atoms in total. The van der Waals surface area contributed by atoms with E-state index in [1.165, 1.54) is 11.8 Å². The molecule has 3 aromatic rings. The zero-order valence-electron chi connectivity index (χ0n) is 27.8. The average molecular weight is 655 g/mol. The van der Waals surface area contributed by atoms with E-state index in [9.17, 15) is 13.9 Å². The van der Waals surface area contributed by atoms with Crippen LogP contribution in [-0.4, -0.2) is 45.9 Å². The topological polar surface area (TPSA) is 85.2 Å². The van der Waals surface area contributed by atoms with Crippen molar-refractivity contribution < 1.29 is 28.1 Å². The number of ether oxygens (including phenoxy) is 3. The fourth-order valence-electron chi connectivity index (χ4n) is 6.65. The van der Waals surface area contributed by atoms with E-state index in [0.29, 0.717) is 17.1 Å². The van der Waals surface area contributed by atoms with Crippen LogP contribution in [0.25, 0.3) is 0 Å². The second kappa shape index (κ2) is 14.8. The predicted octanol–water partition coefficient (Wildman–Crippen LogP) is 9.98. The highest BCUT2D eigenvalue weighted by molar-refractivity contribution is 8.25. The van der Waals surface area contributed by atoms with Gasteiger partial charge in [0.2, 0.25) is 0 Å². The lowest BCUT2D eigenvalue weighted by molar-refractivity contribution is -0.157. The average Bonchev–Trinajstić information content (AvgIpc) is 3.09. The van der Waals surface area contributed by atoms with Gasteiger partial charge in [-0.05, 0) is 93.0 Å². The Morgan fingerprint density at radius 3 is 2.31 bits per heavy atom. The lowest BCUT2D eigenvalue weighted by Crippen LogP contribution is -2.40. The molecule has 2 N–H and O–H groups in total. The van der Waals surface area contributed by atoms with Gasteiger partial charge in [-0.2, -0.15) is 10.6 Å². The Morgan fingerprint density at radius 2 is 1.73 bits per heavy atom. The summed E-state index contributed by atoms with van der Waals surface area (Å²) in [6.07, 6.45) is 7.02. The number of esters is 1. The third-order valence-electron chi connectivity index (χ3n) is 8.97. The van der Waals surface area contributed by atoms with Crippen LogP contribution in [0.4, 0.5) is 0 Å². The number of benzene rings is 3. The summed E-state index contributed by atoms with van der Waals surface area (Å²) in [5, 5.41) is -0.429. The molecule has 1 aliphatic heterocycles. The van der Waals surface area contributed by atoms with E-state index < -0.39 is 27.4 Å². The summed E-state index contributed by atoms with van der Waals surface area (Å²) >= 11 is 1.52. The lowest BCUT2D eigenvalue weighted by Gasteiger charge is -2.50. The monoisotopic (exact) mass is 654 g/mol. The maximum absolute atomic E-state index is 12.6. The van der Waals surface area contributed by atoms with E-state index in [4.69, 9.17) is 14.2 Å². The number of methoxy groups -OCH3 is 1. The fourth-order valence-corrected chi connectivity index (χ4v) is 9.85. The van der Waals surface area contributed by atoms with Gasteiger partial charge in [-0.1, -0.05) is 69.2 Å². The highest BCUT2D eigenvalue weighted by Gasteiger charge is 2.50. The molecule has 3 atom stereocenters. The van der Waals surface area contributed by atoms with Gasteiger partial charge in [0.05, 0.1) is 17.3 Å². The van der Waals surface area contributed by atoms with Crippen LogP contribution in [0.15, 0.2) is 76.5 Å². The zero-order chi connectivity index (χ0) is 32.8. The summed E-state index contributed by atoms with van der Waals surface area (Å²) in [5.74, 6) is 0.709. The molecule has 0 saturated carbocycles. The Bertz CT molecular complexity index is 1420. The van der Waals surface area contributed by atoms with E-state index in [1.807, 2.05) is 57.4 Å². The lowest BCUT2D eigenvalue weighted by atomic mass is 9.67. The van der Waals surface area contributed by atoms with E-state index in [2.05, 4.69) is 44.2 Å². The van der Waals surface area contributed by atoms with Gasteiger partial charge >= 0.3 is 5.97 Å². The molecule has 246 valence electrons. The Morgan fingerprint density at radius 1 is 1.04 bits per heavy atom. The normalized spacial score (nSPS) is 21.7. The van der Waals surface area contributed by atoms with Crippen LogP contribution in [0.2, 0.25) is 0 Å². The van der Waals surface area contributed by atoms with E-state index in [1.54, 1.807) is 13.2 Å². The molecule has 1 heterocycles. The number of hydrogen-bond acceptors (Lipinski definition) is 7. The summed E-state index contributed by atoms with van der Waals surface area (Å²) in [7, 11) is -1.73. The highest BCUT2D eigenvalue weighted by Crippen LogP contribution is 2.68. The molecule has 0 radical (unpaired) electrons. The first-order chi connectivity index (χ1) is 21.4. The summed E-state index contributed by atoms with van der Waals surface area (Å²) in [4.78, 5) is 14.0. The van der Waals surface area contributed by atoms with Gasteiger partial charge < -0.3 is 14.2 Å². The number of fused-ring (bicyclic) bond motifs is 1. The van der Waals surface area contributed by atoms with Crippen molar-refractivity contribution in [3.63, 3.8) is 0 Å². The molecule has 4 rings (SSSR count). The van der Waals surface area contributed by atoms with Gasteiger partial charge in [-0.25, -0.2) is 4.79 Å². The molecule has 0 saturated heterocycles. The molecule has 0 amide bonds. The highest BCUT2D eigenvalue weighted by atomic mass is 32.3. The minimum absolute atomic E-state index is 0.0455. The number of carbonyl (C=O) groups is 1. The van der Waals surface area contributed by atoms with Crippen molar-refractivity contribution in [2.24, 2.45) is 5.41 Å². The number of unbranched alkanes of at least 4 members (excludes halogenated alkanes) is 1. The molecular formula is C37H50O6S2. The predicted molar refractivity (Wildman–Crippen MR) is 186 cm³/mol. The number of rotatable bonds is 12. The molecule has 1 aliphatic rings. The van der Waals surface area contributed by atoms with Crippen LogP contribution in [0.3, 0.4) is 0 Å². The van der Waals surface area contributed by atoms with Crippen molar-refractivity contribution in [3.05, 3.63) is 83.4 Å². The molecule has 3 unspecified atom stereocenters. The van der Waals surface area contributed by atoms with Crippen molar-refractivity contribution >= 4 is 28.3 Å². The Hall–Kier alpha value is -2.65. The summed E-state index contributed by atoms with van der Waals surface area (Å²) in [6, 6.07) is 22.2.